The zero-order valence-electron chi connectivity index (χ0n) is 14.5. The van der Waals surface area contributed by atoms with Crippen molar-refractivity contribution in [2.45, 2.75) is 31.9 Å². The van der Waals surface area contributed by atoms with E-state index in [1.54, 1.807) is 6.07 Å². The van der Waals surface area contributed by atoms with Crippen LogP contribution in [-0.2, 0) is 11.3 Å². The molecule has 1 atom stereocenters. The van der Waals surface area contributed by atoms with Gasteiger partial charge in [-0.3, -0.25) is 4.79 Å². The number of aromatic nitrogens is 1. The number of nitrogens with two attached hydrogens (primary N) is 2. The summed E-state index contributed by atoms with van der Waals surface area (Å²) in [6.07, 6.45) is 3.57. The fourth-order valence-corrected chi connectivity index (χ4v) is 3.72. The fourth-order valence-electron chi connectivity index (χ4n) is 3.72. The van der Waals surface area contributed by atoms with E-state index in [-0.39, 0.29) is 12.1 Å². The summed E-state index contributed by atoms with van der Waals surface area (Å²) in [6, 6.07) is 13.9. The molecule has 2 heterocycles. The molecule has 1 aliphatic heterocycles. The number of carbonyl (C=O) groups excluding carboxylic acids is 1. The third kappa shape index (κ3) is 3.04. The second-order valence-corrected chi connectivity index (χ2v) is 6.69. The van der Waals surface area contributed by atoms with Gasteiger partial charge < -0.3 is 20.8 Å². The minimum atomic E-state index is -0.433. The molecule has 26 heavy (non-hydrogen) atoms. The molecule has 134 valence electrons. The Labute approximate surface area is 151 Å². The number of carbonyl (C=O) groups is 1. The van der Waals surface area contributed by atoms with E-state index in [9.17, 15) is 4.79 Å². The summed E-state index contributed by atoms with van der Waals surface area (Å²) in [4.78, 5) is 15.9. The van der Waals surface area contributed by atoms with E-state index >= 15 is 0 Å². The highest BCUT2D eigenvalue weighted by Crippen LogP contribution is 2.31. The summed E-state index contributed by atoms with van der Waals surface area (Å²) in [5, 5.41) is 2.27. The van der Waals surface area contributed by atoms with Crippen molar-refractivity contribution >= 4 is 33.7 Å². The second-order valence-electron chi connectivity index (χ2n) is 6.69. The average Bonchev–Trinajstić information content (AvgIpc) is 2.96. The van der Waals surface area contributed by atoms with Gasteiger partial charge in [-0.2, -0.15) is 4.99 Å². The lowest BCUT2D eigenvalue weighted by Crippen LogP contribution is -2.24. The largest absolute Gasteiger partial charge is 0.376 e. The molecule has 0 radical (unpaired) electrons. The molecule has 1 fully saturated rings. The fraction of sp³-hybridized carbons (Fsp3) is 0.300. The van der Waals surface area contributed by atoms with Crippen LogP contribution in [0.25, 0.3) is 21.8 Å². The van der Waals surface area contributed by atoms with Gasteiger partial charge in [0.2, 0.25) is 0 Å². The molecule has 0 spiro atoms. The van der Waals surface area contributed by atoms with Gasteiger partial charge in [-0.05, 0) is 37.5 Å². The Morgan fingerprint density at radius 1 is 1.12 bits per heavy atom. The van der Waals surface area contributed by atoms with Gasteiger partial charge in [0, 0.05) is 40.5 Å². The third-order valence-corrected chi connectivity index (χ3v) is 4.91. The smallest absolute Gasteiger partial charge is 0.280 e. The maximum atomic E-state index is 12.2. The van der Waals surface area contributed by atoms with Crippen molar-refractivity contribution in [2.75, 3.05) is 6.61 Å². The van der Waals surface area contributed by atoms with Gasteiger partial charge in [-0.15, -0.1) is 0 Å². The number of benzene rings is 2. The van der Waals surface area contributed by atoms with Crippen LogP contribution in [0.1, 0.15) is 29.6 Å². The number of hydrogen-bond acceptors (Lipinski definition) is 2. The molecule has 1 aromatic heterocycles. The lowest BCUT2D eigenvalue weighted by atomic mass is 10.1. The number of fused-ring (bicyclic) bond motifs is 3. The first kappa shape index (κ1) is 16.6. The molecule has 0 saturated carbocycles. The quantitative estimate of drug-likeness (QED) is 0.561. The molecular formula is C20H22N4O2. The Kier molecular flexibility index (Phi) is 4.34. The minimum absolute atomic E-state index is 0.194. The van der Waals surface area contributed by atoms with Crippen LogP contribution < -0.4 is 11.5 Å². The van der Waals surface area contributed by atoms with Crippen molar-refractivity contribution in [1.29, 1.82) is 0 Å². The van der Waals surface area contributed by atoms with Crippen LogP contribution in [0.15, 0.2) is 47.5 Å². The van der Waals surface area contributed by atoms with E-state index in [0.29, 0.717) is 5.56 Å². The van der Waals surface area contributed by atoms with Gasteiger partial charge in [-0.1, -0.05) is 24.3 Å². The van der Waals surface area contributed by atoms with Crippen LogP contribution in [0.2, 0.25) is 0 Å². The molecule has 1 aliphatic rings. The molecule has 6 heteroatoms. The molecule has 0 aliphatic carbocycles. The van der Waals surface area contributed by atoms with Crippen LogP contribution in [0.3, 0.4) is 0 Å². The summed E-state index contributed by atoms with van der Waals surface area (Å²) < 4.78 is 8.18. The van der Waals surface area contributed by atoms with Gasteiger partial charge in [0.25, 0.3) is 5.91 Å². The first-order chi connectivity index (χ1) is 12.6. The standard InChI is InChI=1S/C20H22N4O2/c21-20(22)23-19(25)13-8-9-16-15-6-1-2-7-17(15)24(18(16)11-13)12-14-5-3-4-10-26-14/h1-2,6-9,11,14H,3-5,10,12H2,(H4,21,22,23,25). The Hall–Kier alpha value is -2.86. The van der Waals surface area contributed by atoms with Crippen LogP contribution in [0, 0.1) is 0 Å². The Morgan fingerprint density at radius 2 is 1.92 bits per heavy atom. The predicted molar refractivity (Wildman–Crippen MR) is 103 cm³/mol. The van der Waals surface area contributed by atoms with E-state index < -0.39 is 5.91 Å². The van der Waals surface area contributed by atoms with Crippen molar-refractivity contribution in [2.24, 2.45) is 16.5 Å². The number of amides is 1. The van der Waals surface area contributed by atoms with Crippen LogP contribution in [0.4, 0.5) is 0 Å². The first-order valence-corrected chi connectivity index (χ1v) is 8.90. The molecule has 1 unspecified atom stereocenters. The lowest BCUT2D eigenvalue weighted by Gasteiger charge is -2.24. The Morgan fingerprint density at radius 3 is 2.69 bits per heavy atom. The van der Waals surface area contributed by atoms with Gasteiger partial charge in [-0.25, -0.2) is 0 Å². The van der Waals surface area contributed by atoms with Crippen molar-refractivity contribution in [3.63, 3.8) is 0 Å². The molecule has 4 rings (SSSR count). The predicted octanol–water partition coefficient (Wildman–Crippen LogP) is 2.78. The van der Waals surface area contributed by atoms with E-state index in [1.165, 1.54) is 11.8 Å². The summed E-state index contributed by atoms with van der Waals surface area (Å²) in [5.41, 5.74) is 13.3. The lowest BCUT2D eigenvalue weighted by molar-refractivity contribution is 0.00732. The minimum Gasteiger partial charge on any atom is -0.376 e. The highest BCUT2D eigenvalue weighted by Gasteiger charge is 2.19. The number of nitrogens with zero attached hydrogens (tertiary/aromatic N) is 2. The SMILES string of the molecule is NC(N)=NC(=O)c1ccc2c3ccccc3n(CC3CCCCO3)c2c1. The number of rotatable bonds is 3. The van der Waals surface area contributed by atoms with Crippen molar-refractivity contribution < 1.29 is 9.53 Å². The molecule has 3 aromatic rings. The number of aliphatic imine (C=N–C) groups is 1. The maximum Gasteiger partial charge on any atom is 0.280 e. The van der Waals surface area contributed by atoms with E-state index in [0.717, 1.165) is 42.4 Å². The number of guanidine groups is 1. The number of hydrogen-bond donors (Lipinski definition) is 2. The van der Waals surface area contributed by atoms with Crippen molar-refractivity contribution in [3.05, 3.63) is 48.0 Å². The summed E-state index contributed by atoms with van der Waals surface area (Å²) in [6.45, 7) is 1.58. The van der Waals surface area contributed by atoms with Gasteiger partial charge in [0.05, 0.1) is 6.10 Å². The molecular weight excluding hydrogens is 328 g/mol. The summed E-state index contributed by atoms with van der Waals surface area (Å²) in [5.74, 6) is -0.663. The normalized spacial score (nSPS) is 17.5. The monoisotopic (exact) mass is 350 g/mol. The highest BCUT2D eigenvalue weighted by molar-refractivity contribution is 6.11. The Bertz CT molecular complexity index is 996. The van der Waals surface area contributed by atoms with Gasteiger partial charge >= 0.3 is 0 Å². The molecule has 6 nitrogen and oxygen atoms in total. The zero-order valence-corrected chi connectivity index (χ0v) is 14.5. The molecule has 2 aromatic carbocycles. The first-order valence-electron chi connectivity index (χ1n) is 8.90. The molecule has 1 saturated heterocycles. The highest BCUT2D eigenvalue weighted by atomic mass is 16.5. The van der Waals surface area contributed by atoms with E-state index in [2.05, 4.69) is 21.7 Å². The third-order valence-electron chi connectivity index (χ3n) is 4.91. The van der Waals surface area contributed by atoms with E-state index in [1.807, 2.05) is 24.3 Å². The van der Waals surface area contributed by atoms with Gasteiger partial charge in [0.15, 0.2) is 5.96 Å². The summed E-state index contributed by atoms with van der Waals surface area (Å²) in [7, 11) is 0. The van der Waals surface area contributed by atoms with Crippen LogP contribution in [-0.4, -0.2) is 29.1 Å². The maximum absolute atomic E-state index is 12.2. The summed E-state index contributed by atoms with van der Waals surface area (Å²) >= 11 is 0. The average molecular weight is 350 g/mol. The topological polar surface area (TPSA) is 95.6 Å². The Balaban J connectivity index is 1.85. The van der Waals surface area contributed by atoms with Gasteiger partial charge in [0.1, 0.15) is 0 Å². The number of ether oxygens (including phenoxy) is 1. The van der Waals surface area contributed by atoms with Crippen molar-refractivity contribution in [3.8, 4) is 0 Å². The van der Waals surface area contributed by atoms with Crippen LogP contribution in [0.5, 0.6) is 0 Å². The van der Waals surface area contributed by atoms with Crippen molar-refractivity contribution in [1.82, 2.24) is 4.57 Å². The molecule has 4 N–H and O–H groups in total. The molecule has 0 bridgehead atoms. The zero-order chi connectivity index (χ0) is 18.1. The molecule has 1 amide bonds. The van der Waals surface area contributed by atoms with E-state index in [4.69, 9.17) is 16.2 Å². The second kappa shape index (κ2) is 6.80. The number of para-hydroxylation sites is 1. The van der Waals surface area contributed by atoms with Crippen LogP contribution >= 0.6 is 0 Å².